The third kappa shape index (κ3) is 3.89. The van der Waals surface area contributed by atoms with Crippen molar-refractivity contribution in [3.63, 3.8) is 0 Å². The number of hydrogen-bond acceptors (Lipinski definition) is 3. The molecule has 3 rings (SSSR count). The van der Waals surface area contributed by atoms with Crippen molar-refractivity contribution in [1.82, 2.24) is 5.32 Å². The lowest BCUT2D eigenvalue weighted by molar-refractivity contribution is -0.190. The molecule has 5 nitrogen and oxygen atoms in total. The van der Waals surface area contributed by atoms with Gasteiger partial charge in [0, 0.05) is 18.9 Å². The van der Waals surface area contributed by atoms with E-state index < -0.39 is 0 Å². The van der Waals surface area contributed by atoms with Crippen LogP contribution in [0.3, 0.4) is 0 Å². The van der Waals surface area contributed by atoms with Crippen LogP contribution in [0.5, 0.6) is 0 Å². The van der Waals surface area contributed by atoms with Crippen LogP contribution in [0.4, 0.5) is 0 Å². The molecule has 1 spiro atoms. The van der Waals surface area contributed by atoms with Crippen LogP contribution in [-0.4, -0.2) is 37.0 Å². The molecule has 1 saturated heterocycles. The summed E-state index contributed by atoms with van der Waals surface area (Å²) in [5.74, 6) is 1.04. The standard InChI is InChI=1S/C16H29N3O2/c1-12-6-8-16(9-7-12)20-11-14(21-16)10-18-15(17)19-13-4-2-3-5-13/h12-14H,2-11H2,1H3,(H3,17,18,19). The van der Waals surface area contributed by atoms with Crippen molar-refractivity contribution in [2.75, 3.05) is 13.2 Å². The summed E-state index contributed by atoms with van der Waals surface area (Å²) in [5, 5.41) is 3.31. The Balaban J connectivity index is 1.43. The molecular weight excluding hydrogens is 266 g/mol. The summed E-state index contributed by atoms with van der Waals surface area (Å²) in [6.45, 7) is 3.55. The summed E-state index contributed by atoms with van der Waals surface area (Å²) in [4.78, 5) is 4.44. The summed E-state index contributed by atoms with van der Waals surface area (Å²) in [7, 11) is 0. The average Bonchev–Trinajstić information content (AvgIpc) is 3.11. The largest absolute Gasteiger partial charge is 0.370 e. The van der Waals surface area contributed by atoms with Crippen molar-refractivity contribution >= 4 is 5.96 Å². The Kier molecular flexibility index (Phi) is 4.69. The highest BCUT2D eigenvalue weighted by atomic mass is 16.7. The first kappa shape index (κ1) is 15.1. The second-order valence-corrected chi connectivity index (χ2v) is 7.00. The van der Waals surface area contributed by atoms with Crippen LogP contribution >= 0.6 is 0 Å². The molecule has 5 heteroatoms. The third-order valence-electron chi connectivity index (χ3n) is 5.12. The number of aliphatic imine (C=N–C) groups is 1. The molecule has 1 atom stereocenters. The Morgan fingerprint density at radius 1 is 1.24 bits per heavy atom. The molecule has 0 amide bonds. The minimum Gasteiger partial charge on any atom is -0.370 e. The first-order valence-electron chi connectivity index (χ1n) is 8.53. The number of guanidine groups is 1. The predicted octanol–water partition coefficient (Wildman–Crippen LogP) is 2.16. The number of hydrogen-bond donors (Lipinski definition) is 2. The molecule has 3 aliphatic rings. The number of ether oxygens (including phenoxy) is 2. The van der Waals surface area contributed by atoms with Gasteiger partial charge in [0.05, 0.1) is 13.2 Å². The van der Waals surface area contributed by atoms with E-state index in [1.165, 1.54) is 38.5 Å². The molecule has 0 radical (unpaired) electrons. The zero-order valence-corrected chi connectivity index (χ0v) is 13.1. The summed E-state index contributed by atoms with van der Waals surface area (Å²) in [5.41, 5.74) is 5.96. The smallest absolute Gasteiger partial charge is 0.188 e. The van der Waals surface area contributed by atoms with Crippen LogP contribution in [0.1, 0.15) is 58.3 Å². The number of nitrogens with one attached hydrogen (secondary N) is 1. The van der Waals surface area contributed by atoms with E-state index in [9.17, 15) is 0 Å². The maximum atomic E-state index is 6.15. The summed E-state index contributed by atoms with van der Waals surface area (Å²) in [6.07, 6.45) is 9.50. The minimum atomic E-state index is -0.319. The summed E-state index contributed by atoms with van der Waals surface area (Å²) in [6, 6.07) is 0.515. The maximum Gasteiger partial charge on any atom is 0.188 e. The number of rotatable bonds is 3. The number of nitrogens with zero attached hydrogens (tertiary/aromatic N) is 1. The second-order valence-electron chi connectivity index (χ2n) is 7.00. The van der Waals surface area contributed by atoms with Gasteiger partial charge in [0.1, 0.15) is 6.10 Å². The Morgan fingerprint density at radius 3 is 2.67 bits per heavy atom. The van der Waals surface area contributed by atoms with E-state index in [0.29, 0.717) is 25.2 Å². The molecule has 1 aliphatic heterocycles. The monoisotopic (exact) mass is 295 g/mol. The average molecular weight is 295 g/mol. The minimum absolute atomic E-state index is 0.0577. The third-order valence-corrected chi connectivity index (χ3v) is 5.12. The van der Waals surface area contributed by atoms with E-state index >= 15 is 0 Å². The highest BCUT2D eigenvalue weighted by Gasteiger charge is 2.43. The lowest BCUT2D eigenvalue weighted by Crippen LogP contribution is -2.39. The molecule has 3 fully saturated rings. The molecular formula is C16H29N3O2. The van der Waals surface area contributed by atoms with E-state index in [-0.39, 0.29) is 11.9 Å². The molecule has 120 valence electrons. The van der Waals surface area contributed by atoms with Gasteiger partial charge in [-0.05, 0) is 31.6 Å². The highest BCUT2D eigenvalue weighted by molar-refractivity contribution is 5.78. The molecule has 2 saturated carbocycles. The fourth-order valence-corrected chi connectivity index (χ4v) is 3.70. The van der Waals surface area contributed by atoms with Gasteiger partial charge >= 0.3 is 0 Å². The van der Waals surface area contributed by atoms with Gasteiger partial charge < -0.3 is 20.5 Å². The quantitative estimate of drug-likeness (QED) is 0.618. The lowest BCUT2D eigenvalue weighted by atomic mass is 9.86. The molecule has 21 heavy (non-hydrogen) atoms. The molecule has 0 bridgehead atoms. The van der Waals surface area contributed by atoms with Crippen LogP contribution in [0.25, 0.3) is 0 Å². The van der Waals surface area contributed by atoms with E-state index in [2.05, 4.69) is 17.2 Å². The van der Waals surface area contributed by atoms with Crippen molar-refractivity contribution in [2.45, 2.75) is 76.2 Å². The lowest BCUT2D eigenvalue weighted by Gasteiger charge is -2.34. The van der Waals surface area contributed by atoms with Crippen molar-refractivity contribution in [3.05, 3.63) is 0 Å². The topological polar surface area (TPSA) is 68.9 Å². The Labute approximate surface area is 127 Å². The molecule has 0 aromatic carbocycles. The van der Waals surface area contributed by atoms with Crippen molar-refractivity contribution < 1.29 is 9.47 Å². The maximum absolute atomic E-state index is 6.15. The Bertz CT molecular complexity index is 372. The van der Waals surface area contributed by atoms with Crippen LogP contribution in [0.15, 0.2) is 4.99 Å². The molecule has 0 aromatic rings. The van der Waals surface area contributed by atoms with Crippen LogP contribution in [0.2, 0.25) is 0 Å². The van der Waals surface area contributed by atoms with Crippen molar-refractivity contribution in [2.24, 2.45) is 16.6 Å². The highest BCUT2D eigenvalue weighted by Crippen LogP contribution is 2.39. The molecule has 3 N–H and O–H groups in total. The van der Waals surface area contributed by atoms with Gasteiger partial charge in [0.15, 0.2) is 11.7 Å². The fourth-order valence-electron chi connectivity index (χ4n) is 3.70. The van der Waals surface area contributed by atoms with E-state index in [1.54, 1.807) is 0 Å². The van der Waals surface area contributed by atoms with Gasteiger partial charge in [-0.2, -0.15) is 0 Å². The van der Waals surface area contributed by atoms with E-state index in [4.69, 9.17) is 15.2 Å². The molecule has 1 unspecified atom stereocenters. The predicted molar refractivity (Wildman–Crippen MR) is 83.1 cm³/mol. The Morgan fingerprint density at radius 2 is 1.95 bits per heavy atom. The molecule has 0 aromatic heterocycles. The van der Waals surface area contributed by atoms with E-state index in [1.807, 2.05) is 0 Å². The molecule has 2 aliphatic carbocycles. The summed E-state index contributed by atoms with van der Waals surface area (Å²) >= 11 is 0. The van der Waals surface area contributed by atoms with Gasteiger partial charge in [-0.3, -0.25) is 4.99 Å². The first-order valence-corrected chi connectivity index (χ1v) is 8.53. The van der Waals surface area contributed by atoms with Gasteiger partial charge in [0.2, 0.25) is 0 Å². The zero-order chi connectivity index (χ0) is 14.7. The first-order chi connectivity index (χ1) is 10.2. The van der Waals surface area contributed by atoms with Crippen molar-refractivity contribution in [1.29, 1.82) is 0 Å². The van der Waals surface area contributed by atoms with Crippen LogP contribution in [0, 0.1) is 5.92 Å². The molecule has 1 heterocycles. The summed E-state index contributed by atoms with van der Waals surface area (Å²) < 4.78 is 12.1. The van der Waals surface area contributed by atoms with Crippen LogP contribution in [-0.2, 0) is 9.47 Å². The van der Waals surface area contributed by atoms with E-state index in [0.717, 1.165) is 18.8 Å². The second kappa shape index (κ2) is 6.53. The normalized spacial score (nSPS) is 38.2. The van der Waals surface area contributed by atoms with Crippen molar-refractivity contribution in [3.8, 4) is 0 Å². The van der Waals surface area contributed by atoms with Crippen LogP contribution < -0.4 is 11.1 Å². The fraction of sp³-hybridized carbons (Fsp3) is 0.938. The zero-order valence-electron chi connectivity index (χ0n) is 13.1. The van der Waals surface area contributed by atoms with Gasteiger partial charge in [0.25, 0.3) is 0 Å². The number of nitrogens with two attached hydrogens (primary N) is 1. The Hall–Kier alpha value is -0.810. The van der Waals surface area contributed by atoms with Gasteiger partial charge in [-0.15, -0.1) is 0 Å². The SMILES string of the molecule is CC1CCC2(CC1)OCC(CN=C(N)NC1CCCC1)O2. The van der Waals surface area contributed by atoms with Gasteiger partial charge in [-0.25, -0.2) is 0 Å². The van der Waals surface area contributed by atoms with Gasteiger partial charge in [-0.1, -0.05) is 19.8 Å².